The van der Waals surface area contributed by atoms with Crippen molar-refractivity contribution in [2.24, 2.45) is 11.7 Å². The van der Waals surface area contributed by atoms with Crippen LogP contribution >= 0.6 is 0 Å². The van der Waals surface area contributed by atoms with Crippen LogP contribution in [0.2, 0.25) is 0 Å². The van der Waals surface area contributed by atoms with E-state index >= 15 is 0 Å². The highest BCUT2D eigenvalue weighted by molar-refractivity contribution is 5.80. The van der Waals surface area contributed by atoms with Gasteiger partial charge in [0.2, 0.25) is 5.91 Å². The summed E-state index contributed by atoms with van der Waals surface area (Å²) in [6, 6.07) is -0.118. The van der Waals surface area contributed by atoms with Crippen LogP contribution in [0.5, 0.6) is 0 Å². The summed E-state index contributed by atoms with van der Waals surface area (Å²) in [5, 5.41) is 0. The molecule has 0 aliphatic carbocycles. The van der Waals surface area contributed by atoms with Crippen LogP contribution in [0.25, 0.3) is 0 Å². The van der Waals surface area contributed by atoms with Gasteiger partial charge >= 0.3 is 0 Å². The first-order chi connectivity index (χ1) is 9.20. The van der Waals surface area contributed by atoms with Gasteiger partial charge in [0.1, 0.15) is 0 Å². The van der Waals surface area contributed by atoms with E-state index in [1.54, 1.807) is 0 Å². The highest BCUT2D eigenvalue weighted by atomic mass is 16.5. The Hall–Kier alpha value is -0.610. The summed E-state index contributed by atoms with van der Waals surface area (Å²) in [4.78, 5) is 14.5. The molecule has 2 atom stereocenters. The third-order valence-corrected chi connectivity index (χ3v) is 3.82. The molecule has 1 aliphatic heterocycles. The Morgan fingerprint density at radius 2 is 1.68 bits per heavy atom. The molecule has 1 rings (SSSR count). The quantitative estimate of drug-likeness (QED) is 0.653. The molecular weight excluding hydrogens is 240 g/mol. The summed E-state index contributed by atoms with van der Waals surface area (Å²) in [6.07, 6.45) is 6.93. The van der Waals surface area contributed by atoms with Crippen LogP contribution in [-0.2, 0) is 9.53 Å². The molecule has 2 unspecified atom stereocenters. The second kappa shape index (κ2) is 9.32. The molecule has 0 bridgehead atoms. The second-order valence-corrected chi connectivity index (χ2v) is 5.55. The first-order valence-corrected chi connectivity index (χ1v) is 7.82. The topological polar surface area (TPSA) is 55.6 Å². The van der Waals surface area contributed by atoms with Crippen molar-refractivity contribution < 1.29 is 9.53 Å². The minimum absolute atomic E-state index is 0.118. The van der Waals surface area contributed by atoms with E-state index in [0.29, 0.717) is 13.2 Å². The summed E-state index contributed by atoms with van der Waals surface area (Å²) < 4.78 is 5.32. The minimum atomic E-state index is -0.122. The predicted molar refractivity (Wildman–Crippen MR) is 77.9 cm³/mol. The first kappa shape index (κ1) is 16.4. The van der Waals surface area contributed by atoms with Gasteiger partial charge in [-0.2, -0.15) is 0 Å². The molecule has 4 heteroatoms. The van der Waals surface area contributed by atoms with Gasteiger partial charge in [0.25, 0.3) is 0 Å². The number of nitrogens with two attached hydrogens (primary N) is 1. The number of carbonyl (C=O) groups is 1. The minimum Gasteiger partial charge on any atom is -0.379 e. The van der Waals surface area contributed by atoms with Crippen molar-refractivity contribution in [3.05, 3.63) is 0 Å². The Balaban J connectivity index is 2.47. The second-order valence-electron chi connectivity index (χ2n) is 5.55. The number of hydrogen-bond acceptors (Lipinski definition) is 3. The standard InChI is InChI=1S/C15H30N2O2/c1-3-5-7-9-17(10-8-6-4-2)15(18)13-11-19-12-14(13)16/h13-14H,3-12,16H2,1-2H3. The fourth-order valence-electron chi connectivity index (χ4n) is 2.50. The Morgan fingerprint density at radius 3 is 2.11 bits per heavy atom. The largest absolute Gasteiger partial charge is 0.379 e. The number of hydrogen-bond donors (Lipinski definition) is 1. The molecule has 2 N–H and O–H groups in total. The van der Waals surface area contributed by atoms with E-state index in [4.69, 9.17) is 10.5 Å². The van der Waals surface area contributed by atoms with E-state index in [1.165, 1.54) is 25.7 Å². The van der Waals surface area contributed by atoms with Crippen molar-refractivity contribution >= 4 is 5.91 Å². The Kier molecular flexibility index (Phi) is 8.07. The maximum atomic E-state index is 12.5. The molecule has 0 aromatic heterocycles. The van der Waals surface area contributed by atoms with Crippen molar-refractivity contribution in [2.75, 3.05) is 26.3 Å². The summed E-state index contributed by atoms with van der Waals surface area (Å²) in [5.41, 5.74) is 5.95. The molecular formula is C15H30N2O2. The summed E-state index contributed by atoms with van der Waals surface area (Å²) >= 11 is 0. The number of amides is 1. The Morgan fingerprint density at radius 1 is 1.11 bits per heavy atom. The molecule has 0 radical (unpaired) electrons. The summed E-state index contributed by atoms with van der Waals surface area (Å²) in [6.45, 7) is 7.14. The highest BCUT2D eigenvalue weighted by Gasteiger charge is 2.33. The van der Waals surface area contributed by atoms with Crippen molar-refractivity contribution in [2.45, 2.75) is 58.4 Å². The number of carbonyl (C=O) groups excluding carboxylic acids is 1. The predicted octanol–water partition coefficient (Wildman–Crippen LogP) is 2.17. The lowest BCUT2D eigenvalue weighted by molar-refractivity contribution is -0.136. The third-order valence-electron chi connectivity index (χ3n) is 3.82. The van der Waals surface area contributed by atoms with Crippen LogP contribution in [0, 0.1) is 5.92 Å². The molecule has 1 heterocycles. The Labute approximate surface area is 117 Å². The number of unbranched alkanes of at least 4 members (excludes halogenated alkanes) is 4. The van der Waals surface area contributed by atoms with Crippen molar-refractivity contribution in [1.82, 2.24) is 4.90 Å². The van der Waals surface area contributed by atoms with Crippen LogP contribution in [-0.4, -0.2) is 43.2 Å². The normalized spacial score (nSPS) is 22.7. The zero-order valence-corrected chi connectivity index (χ0v) is 12.6. The van der Waals surface area contributed by atoms with Crippen molar-refractivity contribution in [1.29, 1.82) is 0 Å². The van der Waals surface area contributed by atoms with Gasteiger partial charge in [-0.1, -0.05) is 39.5 Å². The zero-order chi connectivity index (χ0) is 14.1. The molecule has 0 aromatic rings. The first-order valence-electron chi connectivity index (χ1n) is 7.82. The molecule has 1 fully saturated rings. The van der Waals surface area contributed by atoms with Gasteiger partial charge in [0.15, 0.2) is 0 Å². The Bertz CT molecular complexity index is 249. The average Bonchev–Trinajstić information content (AvgIpc) is 2.83. The van der Waals surface area contributed by atoms with Gasteiger partial charge in [-0.25, -0.2) is 0 Å². The van der Waals surface area contributed by atoms with E-state index in [1.807, 2.05) is 4.90 Å². The third kappa shape index (κ3) is 5.49. The fraction of sp³-hybridized carbons (Fsp3) is 0.933. The van der Waals surface area contributed by atoms with Crippen LogP contribution in [0.1, 0.15) is 52.4 Å². The molecule has 0 aromatic carbocycles. The van der Waals surface area contributed by atoms with Crippen LogP contribution in [0.3, 0.4) is 0 Å². The van der Waals surface area contributed by atoms with Gasteiger partial charge in [-0.3, -0.25) is 4.79 Å². The number of rotatable bonds is 9. The number of ether oxygens (including phenoxy) is 1. The maximum absolute atomic E-state index is 12.5. The zero-order valence-electron chi connectivity index (χ0n) is 12.6. The van der Waals surface area contributed by atoms with Crippen LogP contribution in [0.15, 0.2) is 0 Å². The molecule has 4 nitrogen and oxygen atoms in total. The molecule has 0 spiro atoms. The van der Waals surface area contributed by atoms with E-state index in [0.717, 1.165) is 25.9 Å². The summed E-state index contributed by atoms with van der Waals surface area (Å²) in [7, 11) is 0. The van der Waals surface area contributed by atoms with E-state index in [9.17, 15) is 4.79 Å². The van der Waals surface area contributed by atoms with Gasteiger partial charge < -0.3 is 15.4 Å². The lowest BCUT2D eigenvalue weighted by atomic mass is 10.0. The van der Waals surface area contributed by atoms with Gasteiger partial charge in [0, 0.05) is 19.1 Å². The smallest absolute Gasteiger partial charge is 0.229 e. The average molecular weight is 270 g/mol. The van der Waals surface area contributed by atoms with Crippen LogP contribution < -0.4 is 5.73 Å². The summed E-state index contributed by atoms with van der Waals surface area (Å²) in [5.74, 6) is 0.0838. The van der Waals surface area contributed by atoms with Crippen molar-refractivity contribution in [3.63, 3.8) is 0 Å². The van der Waals surface area contributed by atoms with E-state index in [2.05, 4.69) is 13.8 Å². The van der Waals surface area contributed by atoms with Crippen molar-refractivity contribution in [3.8, 4) is 0 Å². The lowest BCUT2D eigenvalue weighted by Crippen LogP contribution is -2.44. The molecule has 1 aliphatic rings. The molecule has 19 heavy (non-hydrogen) atoms. The molecule has 0 saturated carbocycles. The number of nitrogens with zero attached hydrogens (tertiary/aromatic N) is 1. The van der Waals surface area contributed by atoms with E-state index < -0.39 is 0 Å². The maximum Gasteiger partial charge on any atom is 0.229 e. The lowest BCUT2D eigenvalue weighted by Gasteiger charge is -2.26. The van der Waals surface area contributed by atoms with Crippen LogP contribution in [0.4, 0.5) is 0 Å². The molecule has 1 saturated heterocycles. The molecule has 112 valence electrons. The highest BCUT2D eigenvalue weighted by Crippen LogP contribution is 2.16. The fourth-order valence-corrected chi connectivity index (χ4v) is 2.50. The van der Waals surface area contributed by atoms with Gasteiger partial charge in [0.05, 0.1) is 19.1 Å². The monoisotopic (exact) mass is 270 g/mol. The van der Waals surface area contributed by atoms with Gasteiger partial charge in [-0.15, -0.1) is 0 Å². The van der Waals surface area contributed by atoms with Gasteiger partial charge in [-0.05, 0) is 12.8 Å². The van der Waals surface area contributed by atoms with E-state index in [-0.39, 0.29) is 17.9 Å². The SMILES string of the molecule is CCCCCN(CCCCC)C(=O)C1COCC1N. The molecule has 1 amide bonds.